The molecule has 0 spiro atoms. The molecule has 1 aromatic carbocycles. The molecule has 26 heavy (non-hydrogen) atoms. The van der Waals surface area contributed by atoms with Crippen molar-refractivity contribution in [2.24, 2.45) is 5.92 Å². The molecular formula is C21H32N2O3. The molecule has 5 heteroatoms. The van der Waals surface area contributed by atoms with Gasteiger partial charge in [-0.15, -0.1) is 0 Å². The highest BCUT2D eigenvalue weighted by atomic mass is 16.5. The largest absolute Gasteiger partial charge is 0.497 e. The zero-order valence-electron chi connectivity index (χ0n) is 16.0. The Kier molecular flexibility index (Phi) is 7.18. The van der Waals surface area contributed by atoms with E-state index in [1.165, 1.54) is 19.3 Å². The molecule has 3 rings (SSSR count). The highest BCUT2D eigenvalue weighted by molar-refractivity contribution is 5.79. The van der Waals surface area contributed by atoms with Gasteiger partial charge in [-0.2, -0.15) is 0 Å². The second kappa shape index (κ2) is 9.81. The first-order valence-corrected chi connectivity index (χ1v) is 10.0. The summed E-state index contributed by atoms with van der Waals surface area (Å²) in [5.74, 6) is 2.39. The van der Waals surface area contributed by atoms with E-state index < -0.39 is 0 Å². The number of ether oxygens (including phenoxy) is 2. The Labute approximate surface area is 157 Å². The molecule has 1 aromatic rings. The van der Waals surface area contributed by atoms with Crippen LogP contribution in [0, 0.1) is 5.92 Å². The lowest BCUT2D eigenvalue weighted by atomic mass is 9.94. The minimum Gasteiger partial charge on any atom is -0.497 e. The molecule has 0 N–H and O–H groups in total. The number of nitrogens with zero attached hydrogens (tertiary/aromatic N) is 2. The second-order valence-corrected chi connectivity index (χ2v) is 7.38. The second-order valence-electron chi connectivity index (χ2n) is 7.38. The van der Waals surface area contributed by atoms with Gasteiger partial charge in [-0.25, -0.2) is 0 Å². The maximum atomic E-state index is 12.6. The SMILES string of the molecule is COc1ccc(OCCCN2CCC(C(=O)N3CCCCC3)CC2)cc1. The number of carbonyl (C=O) groups is 1. The number of rotatable bonds is 7. The molecule has 0 atom stereocenters. The van der Waals surface area contributed by atoms with Crippen LogP contribution in [0.25, 0.3) is 0 Å². The fourth-order valence-electron chi connectivity index (χ4n) is 3.93. The standard InChI is InChI=1S/C21H32N2O3/c1-25-19-6-8-20(9-7-19)26-17-5-12-22-15-10-18(11-16-22)21(24)23-13-3-2-4-14-23/h6-9,18H,2-5,10-17H2,1H3. The van der Waals surface area contributed by atoms with Crippen LogP contribution in [0.3, 0.4) is 0 Å². The Bertz CT molecular complexity index is 547. The van der Waals surface area contributed by atoms with Gasteiger partial charge in [0.05, 0.1) is 13.7 Å². The molecular weight excluding hydrogens is 328 g/mol. The molecule has 1 amide bonds. The normalized spacial score (nSPS) is 19.3. The van der Waals surface area contributed by atoms with E-state index in [-0.39, 0.29) is 5.92 Å². The summed E-state index contributed by atoms with van der Waals surface area (Å²) in [7, 11) is 1.67. The lowest BCUT2D eigenvalue weighted by Gasteiger charge is -2.35. The van der Waals surface area contributed by atoms with Crippen molar-refractivity contribution in [1.29, 1.82) is 0 Å². The number of piperidine rings is 2. The van der Waals surface area contributed by atoms with Gasteiger partial charge in [0.2, 0.25) is 5.91 Å². The van der Waals surface area contributed by atoms with Crippen LogP contribution in [0.15, 0.2) is 24.3 Å². The third-order valence-corrected chi connectivity index (χ3v) is 5.55. The van der Waals surface area contributed by atoms with Gasteiger partial charge in [-0.3, -0.25) is 4.79 Å². The van der Waals surface area contributed by atoms with Crippen molar-refractivity contribution in [3.63, 3.8) is 0 Å². The molecule has 144 valence electrons. The number of hydrogen-bond acceptors (Lipinski definition) is 4. The molecule has 2 fully saturated rings. The maximum absolute atomic E-state index is 12.6. The summed E-state index contributed by atoms with van der Waals surface area (Å²) in [4.78, 5) is 17.2. The number of hydrogen-bond donors (Lipinski definition) is 0. The highest BCUT2D eigenvalue weighted by Gasteiger charge is 2.28. The summed E-state index contributed by atoms with van der Waals surface area (Å²) in [6.07, 6.45) is 6.67. The monoisotopic (exact) mass is 360 g/mol. The van der Waals surface area contributed by atoms with E-state index >= 15 is 0 Å². The Morgan fingerprint density at radius 1 is 1.00 bits per heavy atom. The van der Waals surface area contributed by atoms with Gasteiger partial charge in [0, 0.05) is 25.6 Å². The quantitative estimate of drug-likeness (QED) is 0.701. The van der Waals surface area contributed by atoms with Gasteiger partial charge in [0.15, 0.2) is 0 Å². The van der Waals surface area contributed by atoms with Crippen molar-refractivity contribution in [2.75, 3.05) is 46.4 Å². The molecule has 2 aliphatic heterocycles. The minimum absolute atomic E-state index is 0.250. The van der Waals surface area contributed by atoms with E-state index in [0.29, 0.717) is 5.91 Å². The Morgan fingerprint density at radius 3 is 2.31 bits per heavy atom. The Hall–Kier alpha value is -1.75. The van der Waals surface area contributed by atoms with Crippen molar-refractivity contribution in [2.45, 2.75) is 38.5 Å². The Balaban J connectivity index is 1.30. The summed E-state index contributed by atoms with van der Waals surface area (Å²) >= 11 is 0. The molecule has 5 nitrogen and oxygen atoms in total. The van der Waals surface area contributed by atoms with Crippen LogP contribution in [0.5, 0.6) is 11.5 Å². The van der Waals surface area contributed by atoms with Gasteiger partial charge >= 0.3 is 0 Å². The van der Waals surface area contributed by atoms with Crippen LogP contribution in [0.4, 0.5) is 0 Å². The molecule has 2 saturated heterocycles. The average Bonchev–Trinajstić information content (AvgIpc) is 2.72. The maximum Gasteiger partial charge on any atom is 0.225 e. The molecule has 0 saturated carbocycles. The number of likely N-dealkylation sites (tertiary alicyclic amines) is 2. The van der Waals surface area contributed by atoms with Crippen LogP contribution < -0.4 is 9.47 Å². The number of benzene rings is 1. The number of carbonyl (C=O) groups excluding carboxylic acids is 1. The molecule has 2 aliphatic rings. The van der Waals surface area contributed by atoms with E-state index in [0.717, 1.165) is 70.1 Å². The first kappa shape index (κ1) is 19.0. The molecule has 0 radical (unpaired) electrons. The Morgan fingerprint density at radius 2 is 1.65 bits per heavy atom. The smallest absolute Gasteiger partial charge is 0.225 e. The first-order valence-electron chi connectivity index (χ1n) is 10.0. The van der Waals surface area contributed by atoms with Crippen molar-refractivity contribution < 1.29 is 14.3 Å². The van der Waals surface area contributed by atoms with E-state index in [1.54, 1.807) is 7.11 Å². The van der Waals surface area contributed by atoms with Gasteiger partial charge < -0.3 is 19.3 Å². The predicted molar refractivity (Wildman–Crippen MR) is 103 cm³/mol. The summed E-state index contributed by atoms with van der Waals surface area (Å²) in [5.41, 5.74) is 0. The number of amides is 1. The minimum atomic E-state index is 0.250. The fourth-order valence-corrected chi connectivity index (χ4v) is 3.93. The van der Waals surface area contributed by atoms with Crippen LogP contribution in [-0.2, 0) is 4.79 Å². The van der Waals surface area contributed by atoms with Crippen LogP contribution in [0.1, 0.15) is 38.5 Å². The van der Waals surface area contributed by atoms with Crippen molar-refractivity contribution in [1.82, 2.24) is 9.80 Å². The summed E-state index contributed by atoms with van der Waals surface area (Å²) in [5, 5.41) is 0. The topological polar surface area (TPSA) is 42.0 Å². The van der Waals surface area contributed by atoms with E-state index in [4.69, 9.17) is 9.47 Å². The summed E-state index contributed by atoms with van der Waals surface area (Å²) in [6, 6.07) is 7.71. The molecule has 0 bridgehead atoms. The van der Waals surface area contributed by atoms with Gasteiger partial charge in [0.25, 0.3) is 0 Å². The van der Waals surface area contributed by atoms with E-state index in [9.17, 15) is 4.79 Å². The lowest BCUT2D eigenvalue weighted by molar-refractivity contribution is -0.138. The van der Waals surface area contributed by atoms with Crippen molar-refractivity contribution >= 4 is 5.91 Å². The average molecular weight is 360 g/mol. The summed E-state index contributed by atoms with van der Waals surface area (Å²) < 4.78 is 10.9. The molecule has 2 heterocycles. The van der Waals surface area contributed by atoms with Gasteiger partial charge in [0.1, 0.15) is 11.5 Å². The molecule has 0 aromatic heterocycles. The van der Waals surface area contributed by atoms with Crippen molar-refractivity contribution in [3.8, 4) is 11.5 Å². The third-order valence-electron chi connectivity index (χ3n) is 5.55. The van der Waals surface area contributed by atoms with Crippen LogP contribution >= 0.6 is 0 Å². The van der Waals surface area contributed by atoms with Gasteiger partial charge in [-0.1, -0.05) is 0 Å². The van der Waals surface area contributed by atoms with Gasteiger partial charge in [-0.05, 0) is 75.9 Å². The summed E-state index contributed by atoms with van der Waals surface area (Å²) in [6.45, 7) is 5.78. The zero-order valence-corrected chi connectivity index (χ0v) is 16.0. The first-order chi connectivity index (χ1) is 12.8. The van der Waals surface area contributed by atoms with Crippen LogP contribution in [0.2, 0.25) is 0 Å². The van der Waals surface area contributed by atoms with E-state index in [1.807, 2.05) is 24.3 Å². The lowest BCUT2D eigenvalue weighted by Crippen LogP contribution is -2.44. The van der Waals surface area contributed by atoms with Crippen LogP contribution in [-0.4, -0.2) is 62.1 Å². The fraction of sp³-hybridized carbons (Fsp3) is 0.667. The zero-order chi connectivity index (χ0) is 18.2. The predicted octanol–water partition coefficient (Wildman–Crippen LogP) is 3.19. The third kappa shape index (κ3) is 5.37. The van der Waals surface area contributed by atoms with Crippen molar-refractivity contribution in [3.05, 3.63) is 24.3 Å². The van der Waals surface area contributed by atoms with E-state index in [2.05, 4.69) is 9.80 Å². The molecule has 0 aliphatic carbocycles. The molecule has 0 unspecified atom stereocenters. The number of methoxy groups -OCH3 is 1. The highest BCUT2D eigenvalue weighted by Crippen LogP contribution is 2.22.